The molecule has 2 heterocycles. The number of nitrogens with one attached hydrogen (secondary N) is 4. The summed E-state index contributed by atoms with van der Waals surface area (Å²) >= 11 is 0. The number of aromatic amines is 2. The lowest BCUT2D eigenvalue weighted by molar-refractivity contribution is -0.115. The summed E-state index contributed by atoms with van der Waals surface area (Å²) in [5, 5.41) is 12.4. The Bertz CT molecular complexity index is 743. The molecule has 0 aliphatic carbocycles. The highest BCUT2D eigenvalue weighted by atomic mass is 16.2. The van der Waals surface area contributed by atoms with Gasteiger partial charge in [0.1, 0.15) is 5.69 Å². The van der Waals surface area contributed by atoms with Crippen molar-refractivity contribution in [2.24, 2.45) is 0 Å². The van der Waals surface area contributed by atoms with E-state index in [2.05, 4.69) is 25.8 Å². The van der Waals surface area contributed by atoms with Crippen LogP contribution >= 0.6 is 0 Å². The lowest BCUT2D eigenvalue weighted by Crippen LogP contribution is -2.32. The number of rotatable bonds is 4. The standard InChI is InChI=1S/C14H13N5O2/c20-13(18-10-6-16-17-7-10)8-15-14(21)12-5-9-3-1-2-4-11(9)19-12/h1-7,19H,8H2,(H,15,21)(H,16,17)(H,18,20). The number of carbonyl (C=O) groups is 2. The molecule has 0 unspecified atom stereocenters. The zero-order valence-electron chi connectivity index (χ0n) is 11.0. The van der Waals surface area contributed by atoms with E-state index in [1.807, 2.05) is 24.3 Å². The molecule has 0 saturated carbocycles. The molecule has 21 heavy (non-hydrogen) atoms. The Morgan fingerprint density at radius 1 is 1.24 bits per heavy atom. The van der Waals surface area contributed by atoms with Crippen molar-refractivity contribution in [3.63, 3.8) is 0 Å². The van der Waals surface area contributed by atoms with E-state index in [1.54, 1.807) is 12.3 Å². The lowest BCUT2D eigenvalue weighted by atomic mass is 10.2. The Hall–Kier alpha value is -3.09. The molecule has 7 nitrogen and oxygen atoms in total. The molecular weight excluding hydrogens is 270 g/mol. The van der Waals surface area contributed by atoms with Gasteiger partial charge in [-0.05, 0) is 12.1 Å². The maximum absolute atomic E-state index is 12.0. The average Bonchev–Trinajstić information content (AvgIpc) is 3.13. The molecular formula is C14H13N5O2. The first-order chi connectivity index (χ1) is 10.2. The Balaban J connectivity index is 1.59. The number of benzene rings is 1. The highest BCUT2D eigenvalue weighted by molar-refractivity contribution is 6.01. The molecule has 2 aromatic heterocycles. The number of aromatic nitrogens is 3. The first-order valence-electron chi connectivity index (χ1n) is 6.37. The maximum Gasteiger partial charge on any atom is 0.268 e. The molecule has 0 bridgehead atoms. The number of H-pyrrole nitrogens is 2. The highest BCUT2D eigenvalue weighted by Crippen LogP contribution is 2.14. The van der Waals surface area contributed by atoms with Crippen molar-refractivity contribution in [1.82, 2.24) is 20.5 Å². The second-order valence-electron chi connectivity index (χ2n) is 4.49. The van der Waals surface area contributed by atoms with E-state index in [9.17, 15) is 9.59 Å². The van der Waals surface area contributed by atoms with Crippen LogP contribution in [0.5, 0.6) is 0 Å². The van der Waals surface area contributed by atoms with E-state index < -0.39 is 0 Å². The normalized spacial score (nSPS) is 10.5. The molecule has 4 N–H and O–H groups in total. The molecule has 0 saturated heterocycles. The second kappa shape index (κ2) is 5.49. The van der Waals surface area contributed by atoms with Gasteiger partial charge in [-0.15, -0.1) is 0 Å². The van der Waals surface area contributed by atoms with E-state index in [4.69, 9.17) is 0 Å². The molecule has 7 heteroatoms. The Labute approximate surface area is 119 Å². The fraction of sp³-hybridized carbons (Fsp3) is 0.0714. The predicted octanol–water partition coefficient (Wildman–Crippen LogP) is 1.26. The van der Waals surface area contributed by atoms with Crippen LogP contribution in [0.1, 0.15) is 10.5 Å². The summed E-state index contributed by atoms with van der Waals surface area (Å²) in [6.45, 7) is -0.112. The van der Waals surface area contributed by atoms with Crippen molar-refractivity contribution in [1.29, 1.82) is 0 Å². The van der Waals surface area contributed by atoms with Gasteiger partial charge in [0, 0.05) is 17.1 Å². The van der Waals surface area contributed by atoms with Gasteiger partial charge >= 0.3 is 0 Å². The quantitative estimate of drug-likeness (QED) is 0.579. The largest absolute Gasteiger partial charge is 0.351 e. The van der Waals surface area contributed by atoms with Gasteiger partial charge < -0.3 is 15.6 Å². The Morgan fingerprint density at radius 2 is 2.10 bits per heavy atom. The number of hydrogen-bond donors (Lipinski definition) is 4. The number of fused-ring (bicyclic) bond motifs is 1. The minimum absolute atomic E-state index is 0.112. The molecule has 0 aliphatic heterocycles. The zero-order chi connectivity index (χ0) is 14.7. The van der Waals surface area contributed by atoms with Crippen LogP contribution in [0.15, 0.2) is 42.7 Å². The number of anilines is 1. The predicted molar refractivity (Wildman–Crippen MR) is 77.8 cm³/mol. The minimum Gasteiger partial charge on any atom is -0.351 e. The van der Waals surface area contributed by atoms with Crippen LogP contribution in [-0.2, 0) is 4.79 Å². The molecule has 0 aliphatic rings. The number of amides is 2. The minimum atomic E-state index is -0.325. The fourth-order valence-corrected chi connectivity index (χ4v) is 1.98. The zero-order valence-corrected chi connectivity index (χ0v) is 11.0. The topological polar surface area (TPSA) is 103 Å². The van der Waals surface area contributed by atoms with Gasteiger partial charge in [-0.1, -0.05) is 18.2 Å². The maximum atomic E-state index is 12.0. The van der Waals surface area contributed by atoms with Gasteiger partial charge in [-0.2, -0.15) is 5.10 Å². The van der Waals surface area contributed by atoms with E-state index in [0.29, 0.717) is 11.4 Å². The van der Waals surface area contributed by atoms with Crippen molar-refractivity contribution in [3.8, 4) is 0 Å². The van der Waals surface area contributed by atoms with E-state index in [1.165, 1.54) is 6.20 Å². The van der Waals surface area contributed by atoms with Crippen LogP contribution in [0.2, 0.25) is 0 Å². The fourth-order valence-electron chi connectivity index (χ4n) is 1.98. The lowest BCUT2D eigenvalue weighted by Gasteiger charge is -2.03. The van der Waals surface area contributed by atoms with Crippen molar-refractivity contribution >= 4 is 28.4 Å². The third-order valence-corrected chi connectivity index (χ3v) is 2.97. The van der Waals surface area contributed by atoms with Gasteiger partial charge in [0.25, 0.3) is 5.91 Å². The third kappa shape index (κ3) is 2.92. The van der Waals surface area contributed by atoms with Gasteiger partial charge in [0.15, 0.2) is 0 Å². The van der Waals surface area contributed by atoms with Crippen LogP contribution in [-0.4, -0.2) is 33.5 Å². The summed E-state index contributed by atoms with van der Waals surface area (Å²) < 4.78 is 0. The van der Waals surface area contributed by atoms with Crippen LogP contribution in [0.25, 0.3) is 10.9 Å². The van der Waals surface area contributed by atoms with E-state index in [0.717, 1.165) is 10.9 Å². The molecule has 0 spiro atoms. The summed E-state index contributed by atoms with van der Waals surface area (Å²) in [6.07, 6.45) is 3.04. The highest BCUT2D eigenvalue weighted by Gasteiger charge is 2.11. The number of carbonyl (C=O) groups excluding carboxylic acids is 2. The average molecular weight is 283 g/mol. The van der Waals surface area contributed by atoms with Crippen molar-refractivity contribution < 1.29 is 9.59 Å². The summed E-state index contributed by atoms with van der Waals surface area (Å²) in [6, 6.07) is 9.33. The molecule has 0 fully saturated rings. The van der Waals surface area contributed by atoms with Crippen molar-refractivity contribution in [2.45, 2.75) is 0 Å². The molecule has 0 atom stereocenters. The SMILES string of the molecule is O=C(CNC(=O)c1cc2ccccc2[nH]1)Nc1cn[nH]c1. The first-order valence-corrected chi connectivity index (χ1v) is 6.37. The molecule has 3 rings (SSSR count). The Kier molecular flexibility index (Phi) is 3.38. The molecule has 0 radical (unpaired) electrons. The molecule has 1 aromatic carbocycles. The van der Waals surface area contributed by atoms with Crippen LogP contribution < -0.4 is 10.6 Å². The summed E-state index contributed by atoms with van der Waals surface area (Å²) in [5.41, 5.74) is 1.86. The van der Waals surface area contributed by atoms with E-state index >= 15 is 0 Å². The van der Waals surface area contributed by atoms with Gasteiger partial charge in [0.05, 0.1) is 18.4 Å². The number of nitrogens with zero attached hydrogens (tertiary/aromatic N) is 1. The summed E-state index contributed by atoms with van der Waals surface area (Å²) in [7, 11) is 0. The van der Waals surface area contributed by atoms with Gasteiger partial charge in [0.2, 0.25) is 5.91 Å². The smallest absolute Gasteiger partial charge is 0.268 e. The van der Waals surface area contributed by atoms with Crippen molar-refractivity contribution in [2.75, 3.05) is 11.9 Å². The second-order valence-corrected chi connectivity index (χ2v) is 4.49. The van der Waals surface area contributed by atoms with Crippen LogP contribution in [0, 0.1) is 0 Å². The van der Waals surface area contributed by atoms with Crippen molar-refractivity contribution in [3.05, 3.63) is 48.4 Å². The molecule has 3 aromatic rings. The summed E-state index contributed by atoms with van der Waals surface area (Å²) in [5.74, 6) is -0.644. The van der Waals surface area contributed by atoms with Crippen LogP contribution in [0.4, 0.5) is 5.69 Å². The van der Waals surface area contributed by atoms with Gasteiger partial charge in [-0.25, -0.2) is 0 Å². The number of hydrogen-bond acceptors (Lipinski definition) is 3. The molecule has 2 amide bonds. The third-order valence-electron chi connectivity index (χ3n) is 2.97. The van der Waals surface area contributed by atoms with E-state index in [-0.39, 0.29) is 18.4 Å². The summed E-state index contributed by atoms with van der Waals surface area (Å²) in [4.78, 5) is 26.6. The first kappa shape index (κ1) is 12.9. The van der Waals surface area contributed by atoms with Gasteiger partial charge in [-0.3, -0.25) is 14.7 Å². The number of para-hydroxylation sites is 1. The monoisotopic (exact) mass is 283 g/mol. The van der Waals surface area contributed by atoms with Crippen LogP contribution in [0.3, 0.4) is 0 Å². The Morgan fingerprint density at radius 3 is 2.86 bits per heavy atom. The molecule has 106 valence electrons.